The van der Waals surface area contributed by atoms with Gasteiger partial charge >= 0.3 is 0 Å². The van der Waals surface area contributed by atoms with Crippen molar-refractivity contribution in [1.82, 2.24) is 24.5 Å². The first kappa shape index (κ1) is 10.7. The van der Waals surface area contributed by atoms with Gasteiger partial charge in [0.1, 0.15) is 5.01 Å². The summed E-state index contributed by atoms with van der Waals surface area (Å²) in [7, 11) is 0. The smallest absolute Gasteiger partial charge is 0.280 e. The maximum atomic E-state index is 11.6. The summed E-state index contributed by atoms with van der Waals surface area (Å²) in [5.74, 6) is 0.247. The standard InChI is InChI=1S/C9H9N7OS/c10-8-14-6-5(7(17)15-8)13-9(11)16(6)3-4-12-1-2-18-4/h1-2H,3H2,(H2,11,13)(H3,10,14,15,17). The van der Waals surface area contributed by atoms with Crippen molar-refractivity contribution in [2.24, 2.45) is 0 Å². The minimum Gasteiger partial charge on any atom is -0.369 e. The highest BCUT2D eigenvalue weighted by Crippen LogP contribution is 2.16. The lowest BCUT2D eigenvalue weighted by atomic mass is 10.5. The van der Waals surface area contributed by atoms with Crippen LogP contribution in [0, 0.1) is 0 Å². The normalized spacial score (nSPS) is 11.1. The van der Waals surface area contributed by atoms with Gasteiger partial charge in [0.2, 0.25) is 11.9 Å². The van der Waals surface area contributed by atoms with Crippen LogP contribution in [0.1, 0.15) is 5.01 Å². The maximum absolute atomic E-state index is 11.6. The zero-order valence-electron chi connectivity index (χ0n) is 9.12. The van der Waals surface area contributed by atoms with Crippen LogP contribution < -0.4 is 17.0 Å². The number of aromatic nitrogens is 5. The summed E-state index contributed by atoms with van der Waals surface area (Å²) in [5.41, 5.74) is 11.4. The molecule has 0 aliphatic heterocycles. The summed E-state index contributed by atoms with van der Waals surface area (Å²) in [6.07, 6.45) is 1.70. The predicted octanol–water partition coefficient (Wildman–Crippen LogP) is -0.211. The van der Waals surface area contributed by atoms with Crippen molar-refractivity contribution < 1.29 is 0 Å². The number of H-pyrrole nitrogens is 1. The number of aromatic amines is 1. The van der Waals surface area contributed by atoms with E-state index in [1.54, 1.807) is 10.8 Å². The van der Waals surface area contributed by atoms with Crippen LogP contribution in [0.4, 0.5) is 11.9 Å². The average Bonchev–Trinajstić information content (AvgIpc) is 2.91. The van der Waals surface area contributed by atoms with Crippen LogP contribution in [-0.4, -0.2) is 24.5 Å². The van der Waals surface area contributed by atoms with Crippen molar-refractivity contribution in [3.8, 4) is 0 Å². The van der Waals surface area contributed by atoms with E-state index in [1.165, 1.54) is 11.3 Å². The Morgan fingerprint density at radius 2 is 2.22 bits per heavy atom. The van der Waals surface area contributed by atoms with Crippen molar-refractivity contribution in [3.05, 3.63) is 26.9 Å². The molecule has 0 aromatic carbocycles. The molecule has 3 rings (SSSR count). The van der Waals surface area contributed by atoms with Gasteiger partial charge < -0.3 is 11.5 Å². The van der Waals surface area contributed by atoms with E-state index in [0.29, 0.717) is 12.2 Å². The van der Waals surface area contributed by atoms with Crippen LogP contribution in [0.25, 0.3) is 11.2 Å². The molecule has 92 valence electrons. The number of nitrogens with one attached hydrogen (secondary N) is 1. The summed E-state index contributed by atoms with van der Waals surface area (Å²) in [6, 6.07) is 0. The number of nitrogens with two attached hydrogens (primary N) is 2. The van der Waals surface area contributed by atoms with Gasteiger partial charge in [0.25, 0.3) is 5.56 Å². The van der Waals surface area contributed by atoms with Gasteiger partial charge in [-0.25, -0.2) is 9.97 Å². The van der Waals surface area contributed by atoms with Gasteiger partial charge in [0, 0.05) is 11.6 Å². The molecule has 18 heavy (non-hydrogen) atoms. The van der Waals surface area contributed by atoms with Gasteiger partial charge in [-0.05, 0) is 0 Å². The van der Waals surface area contributed by atoms with E-state index in [2.05, 4.69) is 19.9 Å². The second-order valence-electron chi connectivity index (χ2n) is 3.61. The molecular formula is C9H9N7OS. The molecule has 5 N–H and O–H groups in total. The van der Waals surface area contributed by atoms with Crippen molar-refractivity contribution in [1.29, 1.82) is 0 Å². The fraction of sp³-hybridized carbons (Fsp3) is 0.111. The van der Waals surface area contributed by atoms with E-state index in [0.717, 1.165) is 5.01 Å². The molecule has 0 aliphatic carbocycles. The Morgan fingerprint density at radius 1 is 1.39 bits per heavy atom. The largest absolute Gasteiger partial charge is 0.369 e. The summed E-state index contributed by atoms with van der Waals surface area (Å²) >= 11 is 1.49. The second kappa shape index (κ2) is 3.81. The van der Waals surface area contributed by atoms with E-state index in [1.807, 2.05) is 5.38 Å². The van der Waals surface area contributed by atoms with Crippen molar-refractivity contribution in [2.75, 3.05) is 11.5 Å². The molecular weight excluding hydrogens is 254 g/mol. The molecule has 0 unspecified atom stereocenters. The lowest BCUT2D eigenvalue weighted by molar-refractivity contribution is 0.819. The lowest BCUT2D eigenvalue weighted by Crippen LogP contribution is -2.12. The highest BCUT2D eigenvalue weighted by molar-refractivity contribution is 7.09. The highest BCUT2D eigenvalue weighted by atomic mass is 32.1. The average molecular weight is 263 g/mol. The third kappa shape index (κ3) is 1.61. The number of imidazole rings is 1. The van der Waals surface area contributed by atoms with E-state index in [9.17, 15) is 4.79 Å². The number of nitrogen functional groups attached to an aromatic ring is 2. The Hall–Kier alpha value is -2.42. The number of anilines is 2. The van der Waals surface area contributed by atoms with Gasteiger partial charge in [-0.3, -0.25) is 14.3 Å². The van der Waals surface area contributed by atoms with Gasteiger partial charge in [-0.15, -0.1) is 11.3 Å². The molecule has 0 aliphatic rings. The van der Waals surface area contributed by atoms with E-state index >= 15 is 0 Å². The van der Waals surface area contributed by atoms with Gasteiger partial charge in [0.05, 0.1) is 6.54 Å². The summed E-state index contributed by atoms with van der Waals surface area (Å²) in [5, 5.41) is 2.71. The molecule has 0 spiro atoms. The number of hydrogen-bond donors (Lipinski definition) is 3. The minimum absolute atomic E-state index is 0.0350. The van der Waals surface area contributed by atoms with Crippen molar-refractivity contribution in [2.45, 2.75) is 6.54 Å². The quantitative estimate of drug-likeness (QED) is 0.586. The molecule has 0 saturated heterocycles. The first-order valence-electron chi connectivity index (χ1n) is 5.05. The van der Waals surface area contributed by atoms with Gasteiger partial charge in [-0.2, -0.15) is 4.98 Å². The lowest BCUT2D eigenvalue weighted by Gasteiger charge is -2.02. The first-order chi connectivity index (χ1) is 8.65. The molecule has 0 bridgehead atoms. The molecule has 0 fully saturated rings. The summed E-state index contributed by atoms with van der Waals surface area (Å²) < 4.78 is 1.61. The molecule has 0 atom stereocenters. The number of rotatable bonds is 2. The fourth-order valence-electron chi connectivity index (χ4n) is 1.67. The Kier molecular flexibility index (Phi) is 2.27. The molecule has 3 heterocycles. The Bertz CT molecular complexity index is 757. The zero-order chi connectivity index (χ0) is 12.7. The SMILES string of the molecule is Nc1nc2c(nc(N)n2Cc2nccs2)c(=O)[nH]1. The predicted molar refractivity (Wildman–Crippen MR) is 68.2 cm³/mol. The molecule has 3 aromatic rings. The van der Waals surface area contributed by atoms with Crippen LogP contribution in [0.5, 0.6) is 0 Å². The summed E-state index contributed by atoms with van der Waals surface area (Å²) in [4.78, 5) is 26.2. The van der Waals surface area contributed by atoms with Crippen LogP contribution in [0.15, 0.2) is 16.4 Å². The van der Waals surface area contributed by atoms with E-state index in [-0.39, 0.29) is 17.4 Å². The highest BCUT2D eigenvalue weighted by Gasteiger charge is 2.14. The number of nitrogens with zero attached hydrogens (tertiary/aromatic N) is 4. The maximum Gasteiger partial charge on any atom is 0.280 e. The van der Waals surface area contributed by atoms with Crippen LogP contribution in [0.2, 0.25) is 0 Å². The second-order valence-corrected chi connectivity index (χ2v) is 4.58. The molecule has 0 saturated carbocycles. The van der Waals surface area contributed by atoms with Crippen LogP contribution in [0.3, 0.4) is 0 Å². The molecule has 8 nitrogen and oxygen atoms in total. The van der Waals surface area contributed by atoms with Gasteiger partial charge in [-0.1, -0.05) is 0 Å². The third-order valence-corrected chi connectivity index (χ3v) is 3.19. The number of thiazole rings is 1. The topological polar surface area (TPSA) is 128 Å². The summed E-state index contributed by atoms with van der Waals surface area (Å²) in [6.45, 7) is 0.413. The number of hydrogen-bond acceptors (Lipinski definition) is 7. The van der Waals surface area contributed by atoms with Crippen molar-refractivity contribution >= 4 is 34.4 Å². The Morgan fingerprint density at radius 3 is 2.94 bits per heavy atom. The van der Waals surface area contributed by atoms with Crippen LogP contribution in [-0.2, 0) is 6.54 Å². The molecule has 0 amide bonds. The van der Waals surface area contributed by atoms with Crippen molar-refractivity contribution in [3.63, 3.8) is 0 Å². The van der Waals surface area contributed by atoms with E-state index in [4.69, 9.17) is 11.5 Å². The monoisotopic (exact) mass is 263 g/mol. The van der Waals surface area contributed by atoms with Gasteiger partial charge in [0.15, 0.2) is 11.2 Å². The van der Waals surface area contributed by atoms with Crippen LogP contribution >= 0.6 is 11.3 Å². The fourth-order valence-corrected chi connectivity index (χ4v) is 2.27. The Labute approximate surface area is 104 Å². The molecule has 3 aromatic heterocycles. The number of fused-ring (bicyclic) bond motifs is 1. The molecule has 0 radical (unpaired) electrons. The zero-order valence-corrected chi connectivity index (χ0v) is 9.94. The molecule has 9 heteroatoms. The minimum atomic E-state index is -0.401. The van der Waals surface area contributed by atoms with E-state index < -0.39 is 5.56 Å². The Balaban J connectivity index is 2.22. The third-order valence-electron chi connectivity index (χ3n) is 2.43. The first-order valence-corrected chi connectivity index (χ1v) is 5.93.